The summed E-state index contributed by atoms with van der Waals surface area (Å²) in [5.41, 5.74) is 1.14. The highest BCUT2D eigenvalue weighted by Gasteiger charge is 2.23. The van der Waals surface area contributed by atoms with Crippen LogP contribution in [0.1, 0.15) is 46.1 Å². The summed E-state index contributed by atoms with van der Waals surface area (Å²) in [5, 5.41) is 0. The molecule has 6 heteroatoms. The summed E-state index contributed by atoms with van der Waals surface area (Å²) < 4.78 is 5.19. The maximum atomic E-state index is 12.9. The van der Waals surface area contributed by atoms with E-state index in [1.54, 1.807) is 7.11 Å². The molecule has 0 unspecified atom stereocenters. The van der Waals surface area contributed by atoms with Crippen molar-refractivity contribution in [2.45, 2.75) is 47.0 Å². The zero-order valence-corrected chi connectivity index (χ0v) is 20.1. The second-order valence-corrected chi connectivity index (χ2v) is 9.44. The fourth-order valence-electron chi connectivity index (χ4n) is 4.03. The summed E-state index contributed by atoms with van der Waals surface area (Å²) in [6, 6.07) is 7.90. The molecule has 0 aromatic heterocycles. The van der Waals surface area contributed by atoms with E-state index in [2.05, 4.69) is 32.6 Å². The van der Waals surface area contributed by atoms with Gasteiger partial charge in [-0.05, 0) is 42.4 Å². The molecule has 6 nitrogen and oxygen atoms in total. The van der Waals surface area contributed by atoms with Crippen molar-refractivity contribution in [3.8, 4) is 5.75 Å². The summed E-state index contributed by atoms with van der Waals surface area (Å²) in [6.07, 6.45) is 2.17. The van der Waals surface area contributed by atoms with Gasteiger partial charge in [0.05, 0.1) is 13.7 Å². The van der Waals surface area contributed by atoms with E-state index in [0.717, 1.165) is 56.9 Å². The number of hydrogen-bond acceptors (Lipinski definition) is 4. The molecular weight excluding hydrogens is 390 g/mol. The van der Waals surface area contributed by atoms with Crippen LogP contribution < -0.4 is 4.74 Å². The molecule has 1 aliphatic rings. The average Bonchev–Trinajstić information content (AvgIpc) is 2.97. The van der Waals surface area contributed by atoms with Crippen molar-refractivity contribution in [1.29, 1.82) is 0 Å². The fraction of sp³-hybridized carbons (Fsp3) is 0.680. The minimum absolute atomic E-state index is 0.199. The van der Waals surface area contributed by atoms with Gasteiger partial charge in [-0.2, -0.15) is 0 Å². The Morgan fingerprint density at radius 2 is 1.61 bits per heavy atom. The minimum Gasteiger partial charge on any atom is -0.497 e. The van der Waals surface area contributed by atoms with Crippen LogP contribution in [0.25, 0.3) is 0 Å². The van der Waals surface area contributed by atoms with Crippen LogP contribution in [0.2, 0.25) is 0 Å². The number of carbonyl (C=O) groups is 2. The van der Waals surface area contributed by atoms with E-state index in [0.29, 0.717) is 31.3 Å². The minimum atomic E-state index is 0.199. The van der Waals surface area contributed by atoms with Gasteiger partial charge in [-0.3, -0.25) is 14.5 Å². The number of hydrogen-bond donors (Lipinski definition) is 0. The van der Waals surface area contributed by atoms with Crippen LogP contribution in [0.5, 0.6) is 5.75 Å². The molecule has 0 aliphatic carbocycles. The number of amides is 2. The highest BCUT2D eigenvalue weighted by molar-refractivity contribution is 5.78. The third-order valence-corrected chi connectivity index (χ3v) is 5.61. The van der Waals surface area contributed by atoms with Gasteiger partial charge in [-0.1, -0.05) is 39.8 Å². The van der Waals surface area contributed by atoms with Crippen molar-refractivity contribution >= 4 is 11.8 Å². The maximum absolute atomic E-state index is 12.9. The van der Waals surface area contributed by atoms with Crippen LogP contribution >= 0.6 is 0 Å². The van der Waals surface area contributed by atoms with E-state index in [9.17, 15) is 9.59 Å². The van der Waals surface area contributed by atoms with E-state index in [-0.39, 0.29) is 11.8 Å². The number of rotatable bonds is 10. The van der Waals surface area contributed by atoms with Crippen molar-refractivity contribution in [3.05, 3.63) is 29.8 Å². The van der Waals surface area contributed by atoms with Gasteiger partial charge in [0.15, 0.2) is 0 Å². The number of aryl methyl sites for hydroxylation is 1. The molecule has 31 heavy (non-hydrogen) atoms. The van der Waals surface area contributed by atoms with Crippen LogP contribution in [0.15, 0.2) is 24.3 Å². The zero-order valence-electron chi connectivity index (χ0n) is 20.1. The Balaban J connectivity index is 1.81. The highest BCUT2D eigenvalue weighted by atomic mass is 16.5. The quantitative estimate of drug-likeness (QED) is 0.570. The highest BCUT2D eigenvalue weighted by Crippen LogP contribution is 2.14. The lowest BCUT2D eigenvalue weighted by Crippen LogP contribution is -2.44. The Kier molecular flexibility index (Phi) is 10.3. The van der Waals surface area contributed by atoms with Crippen LogP contribution in [0, 0.1) is 11.8 Å². The van der Waals surface area contributed by atoms with Gasteiger partial charge >= 0.3 is 0 Å². The van der Waals surface area contributed by atoms with Crippen molar-refractivity contribution in [1.82, 2.24) is 14.7 Å². The van der Waals surface area contributed by atoms with Crippen LogP contribution in [0.3, 0.4) is 0 Å². The Morgan fingerprint density at radius 1 is 0.968 bits per heavy atom. The Labute approximate surface area is 188 Å². The number of carbonyl (C=O) groups excluding carboxylic acids is 2. The van der Waals surface area contributed by atoms with Crippen molar-refractivity contribution < 1.29 is 14.3 Å². The van der Waals surface area contributed by atoms with E-state index < -0.39 is 0 Å². The van der Waals surface area contributed by atoms with Gasteiger partial charge in [0.2, 0.25) is 11.8 Å². The molecule has 2 amide bonds. The molecule has 0 atom stereocenters. The molecule has 0 spiro atoms. The third-order valence-electron chi connectivity index (χ3n) is 5.61. The Bertz CT molecular complexity index is 678. The van der Waals surface area contributed by atoms with Gasteiger partial charge in [0, 0.05) is 45.7 Å². The largest absolute Gasteiger partial charge is 0.497 e. The molecule has 1 fully saturated rings. The number of benzene rings is 1. The SMILES string of the molecule is COc1ccc(CCC(=O)N2CCCN(CC(=O)N(CC(C)C)CC(C)C)CC2)cc1. The molecular formula is C25H41N3O3. The fourth-order valence-corrected chi connectivity index (χ4v) is 4.03. The number of nitrogens with zero attached hydrogens (tertiary/aromatic N) is 3. The van der Waals surface area contributed by atoms with Gasteiger partial charge < -0.3 is 14.5 Å². The first-order valence-electron chi connectivity index (χ1n) is 11.7. The van der Waals surface area contributed by atoms with E-state index in [1.165, 1.54) is 0 Å². The van der Waals surface area contributed by atoms with Crippen molar-refractivity contribution in [2.24, 2.45) is 11.8 Å². The molecule has 1 aliphatic heterocycles. The normalized spacial score (nSPS) is 15.3. The predicted octanol–water partition coefficient (Wildman–Crippen LogP) is 3.30. The van der Waals surface area contributed by atoms with Gasteiger partial charge in [0.25, 0.3) is 0 Å². The summed E-state index contributed by atoms with van der Waals surface area (Å²) >= 11 is 0. The molecule has 0 saturated carbocycles. The predicted molar refractivity (Wildman–Crippen MR) is 125 cm³/mol. The lowest BCUT2D eigenvalue weighted by atomic mass is 10.1. The molecule has 1 aromatic carbocycles. The average molecular weight is 432 g/mol. The van der Waals surface area contributed by atoms with Crippen LogP contribution in [-0.4, -0.2) is 79.4 Å². The van der Waals surface area contributed by atoms with Crippen molar-refractivity contribution in [2.75, 3.05) is 52.9 Å². The lowest BCUT2D eigenvalue weighted by Gasteiger charge is -2.29. The molecule has 1 heterocycles. The second-order valence-electron chi connectivity index (χ2n) is 9.44. The summed E-state index contributed by atoms with van der Waals surface area (Å²) in [6.45, 7) is 13.8. The lowest BCUT2D eigenvalue weighted by molar-refractivity contribution is -0.133. The molecule has 174 valence electrons. The van der Waals surface area contributed by atoms with E-state index >= 15 is 0 Å². The van der Waals surface area contributed by atoms with Gasteiger partial charge in [-0.25, -0.2) is 0 Å². The maximum Gasteiger partial charge on any atom is 0.236 e. The summed E-state index contributed by atoms with van der Waals surface area (Å²) in [4.78, 5) is 31.8. The monoisotopic (exact) mass is 431 g/mol. The smallest absolute Gasteiger partial charge is 0.236 e. The second kappa shape index (κ2) is 12.7. The standard InChI is InChI=1S/C25H41N3O3/c1-20(2)17-28(18-21(3)4)25(30)19-26-13-6-14-27(16-15-26)24(29)12-9-22-7-10-23(31-5)11-8-22/h7-8,10-11,20-21H,6,9,12-19H2,1-5H3. The van der Waals surface area contributed by atoms with E-state index in [1.807, 2.05) is 34.1 Å². The first-order valence-corrected chi connectivity index (χ1v) is 11.7. The molecule has 0 N–H and O–H groups in total. The zero-order chi connectivity index (χ0) is 22.8. The van der Waals surface area contributed by atoms with Crippen LogP contribution in [-0.2, 0) is 16.0 Å². The molecule has 1 saturated heterocycles. The molecule has 2 rings (SSSR count). The van der Waals surface area contributed by atoms with Crippen molar-refractivity contribution in [3.63, 3.8) is 0 Å². The third kappa shape index (κ3) is 8.90. The Morgan fingerprint density at radius 3 is 2.19 bits per heavy atom. The van der Waals surface area contributed by atoms with Gasteiger partial charge in [-0.15, -0.1) is 0 Å². The topological polar surface area (TPSA) is 53.1 Å². The number of methoxy groups -OCH3 is 1. The first kappa shape index (κ1) is 25.2. The number of ether oxygens (including phenoxy) is 1. The first-order chi connectivity index (χ1) is 14.8. The Hall–Kier alpha value is -2.08. The molecule has 1 aromatic rings. The molecule has 0 bridgehead atoms. The summed E-state index contributed by atoms with van der Waals surface area (Å²) in [7, 11) is 1.65. The summed E-state index contributed by atoms with van der Waals surface area (Å²) in [5.74, 6) is 2.17. The van der Waals surface area contributed by atoms with E-state index in [4.69, 9.17) is 4.74 Å². The van der Waals surface area contributed by atoms with Crippen LogP contribution in [0.4, 0.5) is 0 Å². The molecule has 0 radical (unpaired) electrons. The van der Waals surface area contributed by atoms with Gasteiger partial charge in [0.1, 0.15) is 5.75 Å².